The maximum absolute atomic E-state index is 9.74. The molecule has 1 aliphatic heterocycles. The van der Waals surface area contributed by atoms with E-state index in [1.54, 1.807) is 11.8 Å². The van der Waals surface area contributed by atoms with Gasteiger partial charge in [-0.1, -0.05) is 24.3 Å². The average molecular weight is 385 g/mol. The van der Waals surface area contributed by atoms with E-state index in [1.165, 1.54) is 11.1 Å². The molecule has 1 N–H and O–H groups in total. The number of fused-ring (bicyclic) bond motifs is 1. The monoisotopic (exact) mass is 384 g/mol. The number of anilines is 1. The summed E-state index contributed by atoms with van der Waals surface area (Å²) in [5, 5.41) is 18.8. The highest BCUT2D eigenvalue weighted by molar-refractivity contribution is 7.98. The first-order valence-electron chi connectivity index (χ1n) is 9.12. The van der Waals surface area contributed by atoms with E-state index in [1.807, 2.05) is 6.26 Å². The van der Waals surface area contributed by atoms with Crippen LogP contribution in [0.15, 0.2) is 24.3 Å². The van der Waals surface area contributed by atoms with Crippen molar-refractivity contribution >= 4 is 17.6 Å². The number of rotatable bonds is 7. The van der Waals surface area contributed by atoms with Gasteiger partial charge in [0.25, 0.3) is 0 Å². The fourth-order valence-electron chi connectivity index (χ4n) is 3.23. The lowest BCUT2D eigenvalue weighted by atomic mass is 10.0. The SMILES string of the molecule is CSCCc1nc(OCCO)c(C#N)c(N2CCc3ccccc3CC2)n1. The molecule has 1 aliphatic rings. The zero-order chi connectivity index (χ0) is 19.1. The Bertz CT molecular complexity index is 795. The van der Waals surface area contributed by atoms with Crippen LogP contribution in [0, 0.1) is 11.3 Å². The zero-order valence-corrected chi connectivity index (χ0v) is 16.3. The molecule has 6 nitrogen and oxygen atoms in total. The second-order valence-electron chi connectivity index (χ2n) is 6.33. The molecular weight excluding hydrogens is 360 g/mol. The summed E-state index contributed by atoms with van der Waals surface area (Å²) in [5.74, 6) is 2.49. The number of aliphatic hydroxyl groups is 1. The number of thioether (sulfide) groups is 1. The van der Waals surface area contributed by atoms with Crippen LogP contribution in [0.3, 0.4) is 0 Å². The topological polar surface area (TPSA) is 82.3 Å². The lowest BCUT2D eigenvalue weighted by Crippen LogP contribution is -2.29. The summed E-state index contributed by atoms with van der Waals surface area (Å²) in [6.45, 7) is 1.58. The maximum atomic E-state index is 9.74. The lowest BCUT2D eigenvalue weighted by Gasteiger charge is -2.23. The van der Waals surface area contributed by atoms with Gasteiger partial charge >= 0.3 is 0 Å². The minimum Gasteiger partial charge on any atom is -0.474 e. The molecule has 0 saturated carbocycles. The predicted octanol–water partition coefficient (Wildman–Crippen LogP) is 2.23. The zero-order valence-electron chi connectivity index (χ0n) is 15.5. The molecule has 0 aliphatic carbocycles. The quantitative estimate of drug-likeness (QED) is 0.784. The van der Waals surface area contributed by atoms with Crippen LogP contribution in [-0.4, -0.2) is 53.4 Å². The van der Waals surface area contributed by atoms with Crippen LogP contribution in [0.25, 0.3) is 0 Å². The van der Waals surface area contributed by atoms with Crippen molar-refractivity contribution in [2.75, 3.05) is 43.2 Å². The van der Waals surface area contributed by atoms with Gasteiger partial charge in [-0.3, -0.25) is 0 Å². The van der Waals surface area contributed by atoms with Gasteiger partial charge in [0.2, 0.25) is 5.88 Å². The number of hydrogen-bond donors (Lipinski definition) is 1. The molecule has 1 aromatic heterocycles. The van der Waals surface area contributed by atoms with Gasteiger partial charge in [0.05, 0.1) is 6.61 Å². The molecular formula is C20H24N4O2S. The van der Waals surface area contributed by atoms with Crippen LogP contribution in [0.2, 0.25) is 0 Å². The van der Waals surface area contributed by atoms with Gasteiger partial charge in [0, 0.05) is 25.3 Å². The maximum Gasteiger partial charge on any atom is 0.237 e. The van der Waals surface area contributed by atoms with Gasteiger partial charge < -0.3 is 14.7 Å². The fourth-order valence-corrected chi connectivity index (χ4v) is 3.62. The number of aryl methyl sites for hydroxylation is 1. The van der Waals surface area contributed by atoms with E-state index in [-0.39, 0.29) is 19.1 Å². The molecule has 0 atom stereocenters. The molecule has 7 heteroatoms. The number of nitrogens with zero attached hydrogens (tertiary/aromatic N) is 4. The average Bonchev–Trinajstić information content (AvgIpc) is 2.93. The first-order valence-corrected chi connectivity index (χ1v) is 10.5. The molecule has 3 rings (SSSR count). The Labute approximate surface area is 164 Å². The molecule has 1 aromatic carbocycles. The molecule has 0 unspecified atom stereocenters. The van der Waals surface area contributed by atoms with Crippen molar-refractivity contribution in [3.05, 3.63) is 46.8 Å². The molecule has 2 heterocycles. The van der Waals surface area contributed by atoms with E-state index in [4.69, 9.17) is 14.8 Å². The third-order valence-electron chi connectivity index (χ3n) is 4.59. The number of aliphatic hydroxyl groups excluding tert-OH is 1. The molecule has 0 radical (unpaired) electrons. The third kappa shape index (κ3) is 4.71. The summed E-state index contributed by atoms with van der Waals surface area (Å²) < 4.78 is 5.57. The predicted molar refractivity (Wildman–Crippen MR) is 107 cm³/mol. The van der Waals surface area contributed by atoms with Crippen LogP contribution >= 0.6 is 11.8 Å². The van der Waals surface area contributed by atoms with Crippen molar-refractivity contribution in [1.29, 1.82) is 5.26 Å². The van der Waals surface area contributed by atoms with Crippen LogP contribution in [0.4, 0.5) is 5.82 Å². The van der Waals surface area contributed by atoms with Crippen molar-refractivity contribution in [1.82, 2.24) is 9.97 Å². The molecule has 27 heavy (non-hydrogen) atoms. The van der Waals surface area contributed by atoms with Crippen LogP contribution in [-0.2, 0) is 19.3 Å². The summed E-state index contributed by atoms with van der Waals surface area (Å²) in [6, 6.07) is 10.7. The van der Waals surface area contributed by atoms with Gasteiger partial charge in [-0.05, 0) is 30.2 Å². The molecule has 0 spiro atoms. The Balaban J connectivity index is 1.93. The highest BCUT2D eigenvalue weighted by Crippen LogP contribution is 2.28. The fraction of sp³-hybridized carbons (Fsp3) is 0.450. The van der Waals surface area contributed by atoms with Gasteiger partial charge in [0.15, 0.2) is 11.4 Å². The van der Waals surface area contributed by atoms with Gasteiger partial charge in [-0.25, -0.2) is 4.98 Å². The van der Waals surface area contributed by atoms with E-state index in [9.17, 15) is 5.26 Å². The Morgan fingerprint density at radius 1 is 1.22 bits per heavy atom. The van der Waals surface area contributed by atoms with Gasteiger partial charge in [-0.15, -0.1) is 0 Å². The lowest BCUT2D eigenvalue weighted by molar-refractivity contribution is 0.196. The third-order valence-corrected chi connectivity index (χ3v) is 5.21. The number of nitriles is 1. The Morgan fingerprint density at radius 2 is 1.93 bits per heavy atom. The van der Waals surface area contributed by atoms with Gasteiger partial charge in [-0.2, -0.15) is 22.0 Å². The minimum atomic E-state index is -0.122. The van der Waals surface area contributed by atoms with E-state index in [2.05, 4.69) is 40.2 Å². The largest absolute Gasteiger partial charge is 0.474 e. The number of ether oxygens (including phenoxy) is 1. The Morgan fingerprint density at radius 3 is 2.52 bits per heavy atom. The number of benzene rings is 1. The normalized spacial score (nSPS) is 13.6. The second kappa shape index (κ2) is 9.58. The van der Waals surface area contributed by atoms with E-state index < -0.39 is 0 Å². The summed E-state index contributed by atoms with van der Waals surface area (Å²) in [4.78, 5) is 11.3. The van der Waals surface area contributed by atoms with Gasteiger partial charge in [0.1, 0.15) is 18.5 Å². The summed E-state index contributed by atoms with van der Waals surface area (Å²) in [5.41, 5.74) is 3.06. The van der Waals surface area contributed by atoms with Crippen molar-refractivity contribution in [3.63, 3.8) is 0 Å². The smallest absolute Gasteiger partial charge is 0.237 e. The van der Waals surface area contributed by atoms with Crippen molar-refractivity contribution < 1.29 is 9.84 Å². The highest BCUT2D eigenvalue weighted by atomic mass is 32.2. The van der Waals surface area contributed by atoms with E-state index >= 15 is 0 Å². The summed E-state index contributed by atoms with van der Waals surface area (Å²) >= 11 is 1.73. The van der Waals surface area contributed by atoms with Crippen LogP contribution in [0.1, 0.15) is 22.5 Å². The first kappa shape index (κ1) is 19.5. The minimum absolute atomic E-state index is 0.110. The molecule has 0 amide bonds. The number of aromatic nitrogens is 2. The molecule has 2 aromatic rings. The number of hydrogen-bond acceptors (Lipinski definition) is 7. The summed E-state index contributed by atoms with van der Waals surface area (Å²) in [7, 11) is 0. The molecule has 0 bridgehead atoms. The van der Waals surface area contributed by atoms with Crippen molar-refractivity contribution in [3.8, 4) is 11.9 Å². The molecule has 142 valence electrons. The van der Waals surface area contributed by atoms with Crippen LogP contribution in [0.5, 0.6) is 5.88 Å². The van der Waals surface area contributed by atoms with E-state index in [0.717, 1.165) is 31.7 Å². The summed E-state index contributed by atoms with van der Waals surface area (Å²) in [6.07, 6.45) is 4.58. The Kier molecular flexibility index (Phi) is 6.91. The standard InChI is InChI=1S/C20H24N4O2S/c1-27-13-8-18-22-19(17(14-21)20(23-18)26-12-11-25)24-9-6-15-4-2-3-5-16(15)7-10-24/h2-5,25H,6-13H2,1H3. The molecule has 0 fully saturated rings. The van der Waals surface area contributed by atoms with E-state index in [0.29, 0.717) is 23.6 Å². The second-order valence-corrected chi connectivity index (χ2v) is 7.31. The van der Waals surface area contributed by atoms with Crippen molar-refractivity contribution in [2.24, 2.45) is 0 Å². The van der Waals surface area contributed by atoms with Crippen LogP contribution < -0.4 is 9.64 Å². The molecule has 0 saturated heterocycles. The van der Waals surface area contributed by atoms with Crippen molar-refractivity contribution in [2.45, 2.75) is 19.3 Å². The highest BCUT2D eigenvalue weighted by Gasteiger charge is 2.23. The Hall–Kier alpha value is -2.30. The first-order chi connectivity index (χ1) is 13.3.